The zero-order chi connectivity index (χ0) is 16.3. The number of hydrogen-bond donors (Lipinski definition) is 2. The van der Waals surface area contributed by atoms with Gasteiger partial charge in [0.1, 0.15) is 5.76 Å². The maximum Gasteiger partial charge on any atom is 0.328 e. The van der Waals surface area contributed by atoms with Gasteiger partial charge < -0.3 is 4.42 Å². The second-order valence-electron chi connectivity index (χ2n) is 3.96. The van der Waals surface area contributed by atoms with Gasteiger partial charge in [-0.1, -0.05) is 23.2 Å². The molecule has 0 bridgehead atoms. The van der Waals surface area contributed by atoms with Gasteiger partial charge in [-0.15, -0.1) is 0 Å². The maximum atomic E-state index is 11.8. The lowest BCUT2D eigenvalue weighted by molar-refractivity contribution is 0.0955. The Morgan fingerprint density at radius 1 is 1.27 bits per heavy atom. The van der Waals surface area contributed by atoms with Crippen LogP contribution in [0.1, 0.15) is 16.1 Å². The van der Waals surface area contributed by atoms with Crippen molar-refractivity contribution in [2.45, 2.75) is 5.09 Å². The van der Waals surface area contributed by atoms with Gasteiger partial charge in [0.2, 0.25) is 5.09 Å². The van der Waals surface area contributed by atoms with Crippen LogP contribution in [0.4, 0.5) is 0 Å². The molecule has 0 radical (unpaired) electrons. The Labute approximate surface area is 135 Å². The van der Waals surface area contributed by atoms with Crippen molar-refractivity contribution in [1.29, 1.82) is 0 Å². The molecule has 7 nitrogen and oxygen atoms in total. The molecule has 0 aliphatic heterocycles. The first-order chi connectivity index (χ1) is 10.3. The van der Waals surface area contributed by atoms with E-state index >= 15 is 0 Å². The number of benzene rings is 1. The summed E-state index contributed by atoms with van der Waals surface area (Å²) >= 11 is 11.6. The summed E-state index contributed by atoms with van der Waals surface area (Å²) in [6.07, 6.45) is 1.07. The Kier molecular flexibility index (Phi) is 4.87. The molecule has 0 saturated heterocycles. The van der Waals surface area contributed by atoms with Crippen LogP contribution in [-0.4, -0.2) is 25.1 Å². The number of carbonyl (C=O) groups is 1. The molecule has 0 fully saturated rings. The molecule has 2 N–H and O–H groups in total. The largest absolute Gasteiger partial charge is 0.441 e. The summed E-state index contributed by atoms with van der Waals surface area (Å²) in [6.45, 7) is 0. The summed E-state index contributed by atoms with van der Waals surface area (Å²) in [7, 11) is -4.42. The van der Waals surface area contributed by atoms with Gasteiger partial charge >= 0.3 is 10.1 Å². The van der Waals surface area contributed by atoms with Crippen molar-refractivity contribution in [3.05, 3.63) is 51.7 Å². The Morgan fingerprint density at radius 2 is 2.00 bits per heavy atom. The first-order valence-corrected chi connectivity index (χ1v) is 7.83. The van der Waals surface area contributed by atoms with E-state index in [9.17, 15) is 13.2 Å². The topological polar surface area (TPSA) is 109 Å². The maximum absolute atomic E-state index is 11.8. The van der Waals surface area contributed by atoms with Crippen LogP contribution in [0.3, 0.4) is 0 Å². The summed E-state index contributed by atoms with van der Waals surface area (Å²) in [5, 5.41) is 3.51. The number of carbonyl (C=O) groups excluding carboxylic acids is 1. The molecule has 1 amide bonds. The molecule has 1 aromatic carbocycles. The Morgan fingerprint density at radius 3 is 2.59 bits per heavy atom. The van der Waals surface area contributed by atoms with Crippen molar-refractivity contribution in [1.82, 2.24) is 5.43 Å². The average molecular weight is 363 g/mol. The van der Waals surface area contributed by atoms with Gasteiger partial charge in [-0.3, -0.25) is 9.35 Å². The third-order valence-corrected chi connectivity index (χ3v) is 3.67. The molecule has 0 atom stereocenters. The van der Waals surface area contributed by atoms with E-state index in [0.29, 0.717) is 5.02 Å². The molecule has 1 heterocycles. The highest BCUT2D eigenvalue weighted by molar-refractivity contribution is 7.85. The molecule has 10 heteroatoms. The van der Waals surface area contributed by atoms with E-state index in [0.717, 1.165) is 12.3 Å². The van der Waals surface area contributed by atoms with Crippen LogP contribution in [0.5, 0.6) is 0 Å². The van der Waals surface area contributed by atoms with Crippen molar-refractivity contribution in [3.63, 3.8) is 0 Å². The Balaban J connectivity index is 2.06. The molecular formula is C12H8Cl2N2O5S. The highest BCUT2D eigenvalue weighted by atomic mass is 35.5. The summed E-state index contributed by atoms with van der Waals surface area (Å²) in [6, 6.07) is 6.64. The third kappa shape index (κ3) is 4.08. The first-order valence-electron chi connectivity index (χ1n) is 5.63. The fourth-order valence-electron chi connectivity index (χ4n) is 1.43. The number of hydrazone groups is 1. The minimum absolute atomic E-state index is 0.0233. The summed E-state index contributed by atoms with van der Waals surface area (Å²) in [4.78, 5) is 11.8. The van der Waals surface area contributed by atoms with Crippen molar-refractivity contribution in [2.75, 3.05) is 0 Å². The van der Waals surface area contributed by atoms with Gasteiger partial charge in [-0.2, -0.15) is 13.5 Å². The second kappa shape index (κ2) is 6.49. The third-order valence-electron chi connectivity index (χ3n) is 2.39. The normalized spacial score (nSPS) is 11.8. The van der Waals surface area contributed by atoms with E-state index < -0.39 is 21.1 Å². The lowest BCUT2D eigenvalue weighted by atomic mass is 10.2. The summed E-state index contributed by atoms with van der Waals surface area (Å²) in [5.74, 6) is -0.561. The Hall–Kier alpha value is -1.87. The van der Waals surface area contributed by atoms with Gasteiger partial charge in [0.25, 0.3) is 5.91 Å². The van der Waals surface area contributed by atoms with Crippen LogP contribution in [0.15, 0.2) is 44.9 Å². The number of nitrogens with zero attached hydrogens (tertiary/aromatic N) is 1. The van der Waals surface area contributed by atoms with E-state index in [1.807, 2.05) is 0 Å². The van der Waals surface area contributed by atoms with Gasteiger partial charge in [0.05, 0.1) is 16.8 Å². The zero-order valence-corrected chi connectivity index (χ0v) is 13.0. The van der Waals surface area contributed by atoms with Crippen molar-refractivity contribution >= 4 is 45.4 Å². The predicted molar refractivity (Wildman–Crippen MR) is 80.0 cm³/mol. The number of rotatable bonds is 4. The van der Waals surface area contributed by atoms with E-state index in [-0.39, 0.29) is 16.3 Å². The lowest BCUT2D eigenvalue weighted by Gasteiger charge is -2.02. The monoisotopic (exact) mass is 362 g/mol. The average Bonchev–Trinajstić information content (AvgIpc) is 2.87. The van der Waals surface area contributed by atoms with Crippen LogP contribution in [0, 0.1) is 0 Å². The minimum atomic E-state index is -4.42. The molecule has 22 heavy (non-hydrogen) atoms. The highest BCUT2D eigenvalue weighted by Crippen LogP contribution is 2.20. The molecule has 0 spiro atoms. The van der Waals surface area contributed by atoms with Gasteiger partial charge in [0, 0.05) is 5.02 Å². The molecule has 2 aromatic rings. The number of furan rings is 1. The fourth-order valence-corrected chi connectivity index (χ4v) is 2.37. The van der Waals surface area contributed by atoms with E-state index in [2.05, 4.69) is 10.5 Å². The molecular weight excluding hydrogens is 355 g/mol. The predicted octanol–water partition coefficient (Wildman–Crippen LogP) is 2.60. The highest BCUT2D eigenvalue weighted by Gasteiger charge is 2.14. The van der Waals surface area contributed by atoms with Crippen LogP contribution in [-0.2, 0) is 10.1 Å². The van der Waals surface area contributed by atoms with Gasteiger partial charge in [-0.05, 0) is 30.3 Å². The molecule has 1 aromatic heterocycles. The SMILES string of the molecule is O=C(NN=Cc1ccc(S(=O)(=O)O)o1)c1ccc(Cl)cc1Cl. The molecule has 0 aliphatic carbocycles. The standard InChI is InChI=1S/C12H8Cl2N2O5S/c13-7-1-3-9(10(14)5-7)12(17)16-15-6-8-2-4-11(21-8)22(18,19)20/h1-6H,(H,16,17)(H,18,19,20). The summed E-state index contributed by atoms with van der Waals surface area (Å²) < 4.78 is 35.1. The fraction of sp³-hybridized carbons (Fsp3) is 0. The first kappa shape index (κ1) is 16.5. The van der Waals surface area contributed by atoms with Crippen LogP contribution < -0.4 is 5.43 Å². The zero-order valence-electron chi connectivity index (χ0n) is 10.7. The van der Waals surface area contributed by atoms with Crippen LogP contribution in [0.2, 0.25) is 10.0 Å². The van der Waals surface area contributed by atoms with Crippen molar-refractivity contribution < 1.29 is 22.2 Å². The smallest absolute Gasteiger partial charge is 0.328 e. The molecule has 116 valence electrons. The van der Waals surface area contributed by atoms with Crippen LogP contribution >= 0.6 is 23.2 Å². The van der Waals surface area contributed by atoms with E-state index in [4.69, 9.17) is 32.2 Å². The summed E-state index contributed by atoms with van der Waals surface area (Å²) in [5.41, 5.74) is 2.35. The van der Waals surface area contributed by atoms with Crippen molar-refractivity contribution in [3.8, 4) is 0 Å². The second-order valence-corrected chi connectivity index (χ2v) is 6.15. The number of amides is 1. The minimum Gasteiger partial charge on any atom is -0.441 e. The number of nitrogens with one attached hydrogen (secondary N) is 1. The number of hydrogen-bond acceptors (Lipinski definition) is 5. The van der Waals surface area contributed by atoms with Gasteiger partial charge in [0.15, 0.2) is 0 Å². The molecule has 0 aliphatic rings. The van der Waals surface area contributed by atoms with Crippen LogP contribution in [0.25, 0.3) is 0 Å². The molecule has 2 rings (SSSR count). The van der Waals surface area contributed by atoms with E-state index in [1.165, 1.54) is 24.3 Å². The molecule has 0 saturated carbocycles. The number of halogens is 2. The lowest BCUT2D eigenvalue weighted by Crippen LogP contribution is -2.17. The Bertz CT molecular complexity index is 845. The van der Waals surface area contributed by atoms with Gasteiger partial charge in [-0.25, -0.2) is 5.43 Å². The van der Waals surface area contributed by atoms with E-state index in [1.54, 1.807) is 0 Å². The quantitative estimate of drug-likeness (QED) is 0.493. The van der Waals surface area contributed by atoms with Crippen molar-refractivity contribution in [2.24, 2.45) is 5.10 Å². The molecule has 0 unspecified atom stereocenters.